The maximum absolute atomic E-state index is 4.98. The monoisotopic (exact) mass is 109 g/mol. The Morgan fingerprint density at radius 3 is 2.88 bits per heavy atom. The molecule has 0 N–H and O–H groups in total. The van der Waals surface area contributed by atoms with Crippen molar-refractivity contribution in [3.05, 3.63) is 19.3 Å². The quantitative estimate of drug-likeness (QED) is 0.497. The second-order valence-corrected chi connectivity index (χ2v) is 1.32. The summed E-state index contributed by atoms with van der Waals surface area (Å²) in [7, 11) is 0. The van der Waals surface area contributed by atoms with Gasteiger partial charge in [0.1, 0.15) is 12.7 Å². The van der Waals surface area contributed by atoms with Crippen LogP contribution in [0.25, 0.3) is 0 Å². The number of hydrogen-bond donors (Lipinski definition) is 0. The van der Waals surface area contributed by atoms with E-state index in [-0.39, 0.29) is 6.10 Å². The van der Waals surface area contributed by atoms with E-state index < -0.39 is 0 Å². The third kappa shape index (κ3) is 3.45. The van der Waals surface area contributed by atoms with Crippen molar-refractivity contribution in [1.29, 1.82) is 0 Å². The van der Waals surface area contributed by atoms with Gasteiger partial charge in [-0.2, -0.15) is 0 Å². The molecule has 0 aromatic carbocycles. The molecule has 0 amide bonds. The molecule has 0 fully saturated rings. The minimum absolute atomic E-state index is 0.145. The summed E-state index contributed by atoms with van der Waals surface area (Å²) in [5.74, 6) is 2.40. The van der Waals surface area contributed by atoms with Gasteiger partial charge in [-0.05, 0) is 6.92 Å². The molecule has 1 heteroatoms. The fourth-order valence-electron chi connectivity index (χ4n) is 0.213. The Hall–Kier alpha value is -0.740. The highest BCUT2D eigenvalue weighted by Crippen LogP contribution is 1.89. The van der Waals surface area contributed by atoms with Gasteiger partial charge in [0.05, 0.1) is 0 Å². The molecule has 0 aromatic rings. The van der Waals surface area contributed by atoms with Gasteiger partial charge in [-0.25, -0.2) is 0 Å². The van der Waals surface area contributed by atoms with Crippen LogP contribution >= 0.6 is 0 Å². The number of hydrogen-bond acceptors (Lipinski definition) is 1. The summed E-state index contributed by atoms with van der Waals surface area (Å²) in [5, 5.41) is 0. The third-order valence-corrected chi connectivity index (χ3v) is 0.614. The maximum Gasteiger partial charge on any atom is 0.116 e. The molecule has 0 bridgehead atoms. The van der Waals surface area contributed by atoms with Crippen molar-refractivity contribution in [2.45, 2.75) is 13.0 Å². The Balaban J connectivity index is 3.14. The smallest absolute Gasteiger partial charge is 0.116 e. The normalized spacial score (nSPS) is 12.0. The van der Waals surface area contributed by atoms with Crippen LogP contribution in [0.4, 0.5) is 0 Å². The average Bonchev–Trinajstić information content (AvgIpc) is 1.83. The lowest BCUT2D eigenvalue weighted by Gasteiger charge is -1.99. The Morgan fingerprint density at radius 1 is 1.88 bits per heavy atom. The molecule has 0 saturated heterocycles. The second kappa shape index (κ2) is 4.42. The molecule has 0 aliphatic heterocycles. The molecule has 0 aliphatic carbocycles. The Morgan fingerprint density at radius 2 is 2.50 bits per heavy atom. The van der Waals surface area contributed by atoms with Crippen LogP contribution in [0.15, 0.2) is 12.7 Å². The molecule has 0 heterocycles. The summed E-state index contributed by atoms with van der Waals surface area (Å²) in [6.07, 6.45) is 6.39. The van der Waals surface area contributed by atoms with Crippen molar-refractivity contribution in [2.75, 3.05) is 0 Å². The van der Waals surface area contributed by atoms with Crippen molar-refractivity contribution in [3.8, 4) is 12.3 Å². The Labute approximate surface area is 50.4 Å². The van der Waals surface area contributed by atoms with Crippen molar-refractivity contribution in [1.82, 2.24) is 0 Å². The summed E-state index contributed by atoms with van der Waals surface area (Å²) in [5.41, 5.74) is 0. The molecule has 1 radical (unpaired) electrons. The van der Waals surface area contributed by atoms with Gasteiger partial charge < -0.3 is 4.74 Å². The van der Waals surface area contributed by atoms with Crippen molar-refractivity contribution in [3.63, 3.8) is 0 Å². The van der Waals surface area contributed by atoms with E-state index in [0.717, 1.165) is 0 Å². The lowest BCUT2D eigenvalue weighted by molar-refractivity contribution is 0.180. The SMILES string of the molecule is C#CC(C)O[CH]C=C. The lowest BCUT2D eigenvalue weighted by Crippen LogP contribution is -2.00. The highest BCUT2D eigenvalue weighted by atomic mass is 16.5. The number of terminal acetylenes is 1. The first kappa shape index (κ1) is 7.26. The lowest BCUT2D eigenvalue weighted by atomic mass is 10.4. The summed E-state index contributed by atoms with van der Waals surface area (Å²) in [6.45, 7) is 6.69. The van der Waals surface area contributed by atoms with Crippen LogP contribution in [0, 0.1) is 19.0 Å². The zero-order chi connectivity index (χ0) is 6.41. The fraction of sp³-hybridized carbons (Fsp3) is 0.286. The Kier molecular flexibility index (Phi) is 4.01. The second-order valence-electron chi connectivity index (χ2n) is 1.32. The first-order valence-electron chi connectivity index (χ1n) is 2.37. The van der Waals surface area contributed by atoms with Crippen molar-refractivity contribution >= 4 is 0 Å². The van der Waals surface area contributed by atoms with E-state index >= 15 is 0 Å². The summed E-state index contributed by atoms with van der Waals surface area (Å²) in [6, 6.07) is 0. The van der Waals surface area contributed by atoms with Crippen LogP contribution in [-0.2, 0) is 4.74 Å². The molecule has 1 nitrogen and oxygen atoms in total. The van der Waals surface area contributed by atoms with E-state index in [1.54, 1.807) is 13.0 Å². The topological polar surface area (TPSA) is 9.23 Å². The van der Waals surface area contributed by atoms with Gasteiger partial charge in [-0.3, -0.25) is 0 Å². The van der Waals surface area contributed by atoms with Crippen LogP contribution < -0.4 is 0 Å². The van der Waals surface area contributed by atoms with Crippen LogP contribution in [0.2, 0.25) is 0 Å². The van der Waals surface area contributed by atoms with Crippen LogP contribution in [0.1, 0.15) is 6.92 Å². The molecule has 0 spiro atoms. The first-order valence-corrected chi connectivity index (χ1v) is 2.37. The predicted octanol–water partition coefficient (Wildman–Crippen LogP) is 1.37. The molecule has 0 rings (SSSR count). The van der Waals surface area contributed by atoms with Gasteiger partial charge in [0.2, 0.25) is 0 Å². The van der Waals surface area contributed by atoms with Gasteiger partial charge >= 0.3 is 0 Å². The zero-order valence-electron chi connectivity index (χ0n) is 4.92. The predicted molar refractivity (Wildman–Crippen MR) is 33.9 cm³/mol. The zero-order valence-corrected chi connectivity index (χ0v) is 4.92. The third-order valence-electron chi connectivity index (χ3n) is 0.614. The first-order chi connectivity index (χ1) is 3.81. The fourth-order valence-corrected chi connectivity index (χ4v) is 0.213. The van der Waals surface area contributed by atoms with E-state index in [1.807, 2.05) is 0 Å². The highest BCUT2D eigenvalue weighted by Gasteiger charge is 1.90. The van der Waals surface area contributed by atoms with Crippen LogP contribution in [0.3, 0.4) is 0 Å². The van der Waals surface area contributed by atoms with Gasteiger partial charge in [0.15, 0.2) is 0 Å². The van der Waals surface area contributed by atoms with E-state index in [2.05, 4.69) is 12.5 Å². The molecule has 1 unspecified atom stereocenters. The summed E-state index contributed by atoms with van der Waals surface area (Å²) in [4.78, 5) is 0. The molecular formula is C7H9O. The van der Waals surface area contributed by atoms with E-state index in [4.69, 9.17) is 11.2 Å². The van der Waals surface area contributed by atoms with Crippen molar-refractivity contribution in [2.24, 2.45) is 0 Å². The van der Waals surface area contributed by atoms with Gasteiger partial charge in [-0.1, -0.05) is 12.0 Å². The molecular weight excluding hydrogens is 100 g/mol. The van der Waals surface area contributed by atoms with Crippen molar-refractivity contribution < 1.29 is 4.74 Å². The Bertz CT molecular complexity index is 99.4. The van der Waals surface area contributed by atoms with Gasteiger partial charge in [0.25, 0.3) is 0 Å². The number of ether oxygens (including phenoxy) is 1. The maximum atomic E-state index is 4.98. The molecule has 1 atom stereocenters. The minimum Gasteiger partial charge on any atom is -0.355 e. The average molecular weight is 109 g/mol. The summed E-state index contributed by atoms with van der Waals surface area (Å²) >= 11 is 0. The molecule has 43 valence electrons. The molecule has 0 aromatic heterocycles. The van der Waals surface area contributed by atoms with Gasteiger partial charge in [-0.15, -0.1) is 13.0 Å². The van der Waals surface area contributed by atoms with Gasteiger partial charge in [0, 0.05) is 0 Å². The highest BCUT2D eigenvalue weighted by molar-refractivity contribution is 4.93. The van der Waals surface area contributed by atoms with Crippen LogP contribution in [0.5, 0.6) is 0 Å². The standard InChI is InChI=1S/C7H9O/c1-4-6-8-7(3)5-2/h2,4,6-7H,1H2,3H3. The van der Waals surface area contributed by atoms with Crippen LogP contribution in [-0.4, -0.2) is 6.10 Å². The molecule has 8 heavy (non-hydrogen) atoms. The summed E-state index contributed by atoms with van der Waals surface area (Å²) < 4.78 is 4.86. The van der Waals surface area contributed by atoms with E-state index in [9.17, 15) is 0 Å². The van der Waals surface area contributed by atoms with E-state index in [0.29, 0.717) is 0 Å². The minimum atomic E-state index is -0.145. The molecule has 0 saturated carbocycles. The number of rotatable bonds is 3. The molecule has 0 aliphatic rings. The van der Waals surface area contributed by atoms with E-state index in [1.165, 1.54) is 6.61 Å². The largest absolute Gasteiger partial charge is 0.355 e.